The van der Waals surface area contributed by atoms with Crippen molar-refractivity contribution in [2.45, 2.75) is 26.9 Å². The summed E-state index contributed by atoms with van der Waals surface area (Å²) in [4.78, 5) is 11.5. The topological polar surface area (TPSA) is 46.5 Å². The van der Waals surface area contributed by atoms with Crippen molar-refractivity contribution in [2.24, 2.45) is 5.41 Å². The Labute approximate surface area is 112 Å². The smallest absolute Gasteiger partial charge is 0.311 e. The first-order valence-electron chi connectivity index (χ1n) is 6.08. The maximum Gasteiger partial charge on any atom is 0.311 e. The molecular formula is C15H19FO3. The average Bonchev–Trinajstić information content (AvgIpc) is 2.33. The third-order valence-corrected chi connectivity index (χ3v) is 2.45. The fraction of sp³-hybridized carbons (Fsp3) is 0.400. The number of rotatable bonds is 4. The van der Waals surface area contributed by atoms with Gasteiger partial charge in [0.25, 0.3) is 0 Å². The van der Waals surface area contributed by atoms with Crippen LogP contribution in [0.5, 0.6) is 0 Å². The molecule has 0 aliphatic rings. The number of hydrogen-bond acceptors (Lipinski definition) is 3. The van der Waals surface area contributed by atoms with E-state index in [0.717, 1.165) is 0 Å². The van der Waals surface area contributed by atoms with Crippen LogP contribution in [0.2, 0.25) is 0 Å². The van der Waals surface area contributed by atoms with Gasteiger partial charge in [0.2, 0.25) is 0 Å². The second kappa shape index (κ2) is 6.48. The van der Waals surface area contributed by atoms with Gasteiger partial charge < -0.3 is 9.84 Å². The Bertz CT molecular complexity index is 443. The van der Waals surface area contributed by atoms with E-state index in [1.807, 2.05) is 0 Å². The van der Waals surface area contributed by atoms with Gasteiger partial charge in [-0.15, -0.1) is 0 Å². The van der Waals surface area contributed by atoms with E-state index in [-0.39, 0.29) is 18.4 Å². The van der Waals surface area contributed by atoms with Gasteiger partial charge in [0.05, 0.1) is 11.5 Å². The molecule has 3 nitrogen and oxygen atoms in total. The van der Waals surface area contributed by atoms with Crippen LogP contribution in [0, 0.1) is 11.2 Å². The lowest BCUT2D eigenvalue weighted by molar-refractivity contribution is -0.151. The number of ether oxygens (including phenoxy) is 1. The molecule has 0 bridgehead atoms. The summed E-state index contributed by atoms with van der Waals surface area (Å²) in [7, 11) is 0. The molecule has 0 heterocycles. The lowest BCUT2D eigenvalue weighted by atomic mass is 9.97. The van der Waals surface area contributed by atoms with Crippen molar-refractivity contribution in [1.82, 2.24) is 0 Å². The first-order valence-corrected chi connectivity index (χ1v) is 6.08. The Kier molecular flexibility index (Phi) is 5.24. The highest BCUT2D eigenvalue weighted by atomic mass is 19.1. The summed E-state index contributed by atoms with van der Waals surface area (Å²) in [5.41, 5.74) is 0.0449. The predicted octanol–water partition coefficient (Wildman–Crippen LogP) is 3.00. The maximum atomic E-state index is 12.7. The van der Waals surface area contributed by atoms with E-state index in [0.29, 0.717) is 5.56 Å². The van der Waals surface area contributed by atoms with Crippen LogP contribution in [-0.2, 0) is 9.53 Å². The average molecular weight is 266 g/mol. The molecule has 1 atom stereocenters. The zero-order valence-electron chi connectivity index (χ0n) is 11.4. The predicted molar refractivity (Wildman–Crippen MR) is 70.9 cm³/mol. The SMILES string of the molecule is CC(C)(C)C(=O)OC/C=C/C(O)c1ccc(F)cc1. The molecule has 1 aromatic carbocycles. The molecule has 1 rings (SSSR count). The second-order valence-electron chi connectivity index (χ2n) is 5.27. The normalized spacial score (nSPS) is 13.5. The molecule has 0 amide bonds. The second-order valence-corrected chi connectivity index (χ2v) is 5.27. The van der Waals surface area contributed by atoms with Gasteiger partial charge in [-0.2, -0.15) is 0 Å². The van der Waals surface area contributed by atoms with Crippen LogP contribution in [0.4, 0.5) is 4.39 Å². The van der Waals surface area contributed by atoms with Crippen LogP contribution in [-0.4, -0.2) is 17.7 Å². The maximum absolute atomic E-state index is 12.7. The van der Waals surface area contributed by atoms with Gasteiger partial charge in [-0.1, -0.05) is 18.2 Å². The summed E-state index contributed by atoms with van der Waals surface area (Å²) in [5, 5.41) is 9.79. The highest BCUT2D eigenvalue weighted by Gasteiger charge is 2.22. The van der Waals surface area contributed by atoms with E-state index < -0.39 is 11.5 Å². The van der Waals surface area contributed by atoms with Crippen molar-refractivity contribution in [3.05, 3.63) is 47.8 Å². The van der Waals surface area contributed by atoms with Crippen LogP contribution in [0.3, 0.4) is 0 Å². The van der Waals surface area contributed by atoms with Gasteiger partial charge in [0.15, 0.2) is 0 Å². The number of aliphatic hydroxyl groups is 1. The van der Waals surface area contributed by atoms with Crippen molar-refractivity contribution < 1.29 is 19.0 Å². The number of aliphatic hydroxyl groups excluding tert-OH is 1. The molecule has 0 radical (unpaired) electrons. The molecule has 0 saturated heterocycles. The van der Waals surface area contributed by atoms with E-state index in [2.05, 4.69) is 0 Å². The number of hydrogen-bond donors (Lipinski definition) is 1. The van der Waals surface area contributed by atoms with Crippen molar-refractivity contribution in [1.29, 1.82) is 0 Å². The highest BCUT2D eigenvalue weighted by molar-refractivity contribution is 5.75. The third kappa shape index (κ3) is 5.22. The molecule has 0 aromatic heterocycles. The molecule has 0 aliphatic heterocycles. The van der Waals surface area contributed by atoms with Crippen molar-refractivity contribution in [2.75, 3.05) is 6.61 Å². The summed E-state index contributed by atoms with van der Waals surface area (Å²) in [5.74, 6) is -0.646. The van der Waals surface area contributed by atoms with E-state index in [9.17, 15) is 14.3 Å². The third-order valence-electron chi connectivity index (χ3n) is 2.45. The van der Waals surface area contributed by atoms with Gasteiger partial charge in [-0.05, 0) is 44.5 Å². The molecule has 0 saturated carbocycles. The number of carbonyl (C=O) groups is 1. The van der Waals surface area contributed by atoms with E-state index in [1.54, 1.807) is 26.8 Å². The quantitative estimate of drug-likeness (QED) is 0.673. The van der Waals surface area contributed by atoms with Gasteiger partial charge >= 0.3 is 5.97 Å². The monoisotopic (exact) mass is 266 g/mol. The fourth-order valence-corrected chi connectivity index (χ4v) is 1.30. The van der Waals surface area contributed by atoms with Crippen LogP contribution in [0.15, 0.2) is 36.4 Å². The molecule has 1 aromatic rings. The Hall–Kier alpha value is -1.68. The van der Waals surface area contributed by atoms with Gasteiger partial charge in [0, 0.05) is 0 Å². The zero-order valence-corrected chi connectivity index (χ0v) is 11.4. The van der Waals surface area contributed by atoms with E-state index >= 15 is 0 Å². The summed E-state index contributed by atoms with van der Waals surface area (Å²) < 4.78 is 17.7. The Morgan fingerprint density at radius 1 is 1.37 bits per heavy atom. The molecule has 0 fully saturated rings. The Morgan fingerprint density at radius 3 is 2.47 bits per heavy atom. The van der Waals surface area contributed by atoms with Crippen molar-refractivity contribution in [3.8, 4) is 0 Å². The van der Waals surface area contributed by atoms with Gasteiger partial charge in [-0.25, -0.2) is 4.39 Å². The first kappa shape index (κ1) is 15.4. The van der Waals surface area contributed by atoms with Crippen LogP contribution in [0.25, 0.3) is 0 Å². The number of esters is 1. The summed E-state index contributed by atoms with van der Waals surface area (Å²) in [6.45, 7) is 5.42. The van der Waals surface area contributed by atoms with Crippen LogP contribution < -0.4 is 0 Å². The molecule has 19 heavy (non-hydrogen) atoms. The number of halogens is 1. The zero-order chi connectivity index (χ0) is 14.5. The van der Waals surface area contributed by atoms with E-state index in [1.165, 1.54) is 30.3 Å². The lowest BCUT2D eigenvalue weighted by Gasteiger charge is -2.15. The lowest BCUT2D eigenvalue weighted by Crippen LogP contribution is -2.22. The molecule has 104 valence electrons. The molecule has 1 N–H and O–H groups in total. The summed E-state index contributed by atoms with van der Waals surface area (Å²) in [6, 6.07) is 5.58. The van der Waals surface area contributed by atoms with Crippen LogP contribution in [0.1, 0.15) is 32.4 Å². The molecule has 4 heteroatoms. The summed E-state index contributed by atoms with van der Waals surface area (Å²) in [6.07, 6.45) is 2.23. The molecule has 0 aliphatic carbocycles. The largest absolute Gasteiger partial charge is 0.461 e. The van der Waals surface area contributed by atoms with Gasteiger partial charge in [0.1, 0.15) is 12.4 Å². The number of benzene rings is 1. The molecular weight excluding hydrogens is 247 g/mol. The van der Waals surface area contributed by atoms with Crippen molar-refractivity contribution >= 4 is 5.97 Å². The number of carbonyl (C=O) groups excluding carboxylic acids is 1. The Balaban J connectivity index is 2.45. The minimum atomic E-state index is -0.839. The Morgan fingerprint density at radius 2 is 1.95 bits per heavy atom. The fourth-order valence-electron chi connectivity index (χ4n) is 1.30. The minimum Gasteiger partial charge on any atom is -0.461 e. The standard InChI is InChI=1S/C15H19FO3/c1-15(2,3)14(18)19-10-4-5-13(17)11-6-8-12(16)9-7-11/h4-9,13,17H,10H2,1-3H3/b5-4+. The molecule has 0 spiro atoms. The van der Waals surface area contributed by atoms with Crippen LogP contribution >= 0.6 is 0 Å². The highest BCUT2D eigenvalue weighted by Crippen LogP contribution is 2.16. The summed E-state index contributed by atoms with van der Waals surface area (Å²) >= 11 is 0. The van der Waals surface area contributed by atoms with Gasteiger partial charge in [-0.3, -0.25) is 4.79 Å². The molecule has 1 unspecified atom stereocenters. The first-order chi connectivity index (χ1) is 8.80. The minimum absolute atomic E-state index is 0.106. The van der Waals surface area contributed by atoms with E-state index in [4.69, 9.17) is 4.74 Å². The van der Waals surface area contributed by atoms with Crippen molar-refractivity contribution in [3.63, 3.8) is 0 Å².